The van der Waals surface area contributed by atoms with Crippen molar-refractivity contribution in [3.63, 3.8) is 0 Å². The van der Waals surface area contributed by atoms with E-state index >= 15 is 0 Å². The second kappa shape index (κ2) is 10.4. The van der Waals surface area contributed by atoms with E-state index in [9.17, 15) is 4.79 Å². The number of piperazine rings is 1. The molecule has 8 nitrogen and oxygen atoms in total. The van der Waals surface area contributed by atoms with Crippen LogP contribution in [0.1, 0.15) is 38.9 Å². The van der Waals surface area contributed by atoms with Gasteiger partial charge in [-0.15, -0.1) is 0 Å². The van der Waals surface area contributed by atoms with Crippen molar-refractivity contribution in [3.8, 4) is 17.1 Å². The lowest BCUT2D eigenvalue weighted by Crippen LogP contribution is -2.48. The third-order valence-corrected chi connectivity index (χ3v) is 6.45. The lowest BCUT2D eigenvalue weighted by atomic mass is 10.1. The SMILES string of the molecule is Cc1ccc(OCc2ccc(C(=O)N3CCN(Cc4nc(-c5ccccc5C)no4)CC3)o2)c(C)c1. The molecule has 0 unspecified atom stereocenters. The van der Waals surface area contributed by atoms with Gasteiger partial charge in [0, 0.05) is 31.7 Å². The van der Waals surface area contributed by atoms with Crippen molar-refractivity contribution in [2.45, 2.75) is 33.9 Å². The molecule has 0 bridgehead atoms. The van der Waals surface area contributed by atoms with E-state index in [0.717, 1.165) is 35.5 Å². The number of furan rings is 1. The number of hydrogen-bond acceptors (Lipinski definition) is 7. The molecule has 0 atom stereocenters. The molecule has 5 rings (SSSR count). The van der Waals surface area contributed by atoms with E-state index in [1.165, 1.54) is 5.56 Å². The number of aromatic nitrogens is 2. The Morgan fingerprint density at radius 2 is 1.78 bits per heavy atom. The molecule has 4 aromatic rings. The maximum atomic E-state index is 13.0. The van der Waals surface area contributed by atoms with Gasteiger partial charge >= 0.3 is 0 Å². The van der Waals surface area contributed by atoms with Crippen LogP contribution in [0.15, 0.2) is 63.5 Å². The molecule has 0 aliphatic carbocycles. The van der Waals surface area contributed by atoms with Gasteiger partial charge in [0.25, 0.3) is 5.91 Å². The Kier molecular flexibility index (Phi) is 6.86. The molecule has 1 amide bonds. The van der Waals surface area contributed by atoms with Gasteiger partial charge in [0.05, 0.1) is 6.54 Å². The molecule has 186 valence electrons. The van der Waals surface area contributed by atoms with Crippen LogP contribution in [0.25, 0.3) is 11.4 Å². The number of rotatable bonds is 7. The standard InChI is InChI=1S/C28H30N4O4/c1-19-8-10-24(21(3)16-19)34-18-22-9-11-25(35-22)28(33)32-14-12-31(13-15-32)17-26-29-27(30-36-26)23-7-5-4-6-20(23)2/h4-11,16H,12-15,17-18H2,1-3H3. The van der Waals surface area contributed by atoms with Gasteiger partial charge in [0.2, 0.25) is 11.7 Å². The Labute approximate surface area is 210 Å². The molecule has 1 saturated heterocycles. The number of aryl methyl sites for hydroxylation is 3. The largest absolute Gasteiger partial charge is 0.485 e. The summed E-state index contributed by atoms with van der Waals surface area (Å²) < 4.78 is 17.2. The van der Waals surface area contributed by atoms with E-state index in [1.54, 1.807) is 12.1 Å². The van der Waals surface area contributed by atoms with Gasteiger partial charge in [-0.25, -0.2) is 0 Å². The van der Waals surface area contributed by atoms with Crippen LogP contribution in [-0.2, 0) is 13.2 Å². The summed E-state index contributed by atoms with van der Waals surface area (Å²) in [5, 5.41) is 4.14. The highest BCUT2D eigenvalue weighted by Gasteiger charge is 2.25. The van der Waals surface area contributed by atoms with E-state index in [1.807, 2.05) is 55.1 Å². The van der Waals surface area contributed by atoms with Gasteiger partial charge in [-0.05, 0) is 50.1 Å². The maximum absolute atomic E-state index is 13.0. The van der Waals surface area contributed by atoms with Crippen LogP contribution in [0.4, 0.5) is 0 Å². The summed E-state index contributed by atoms with van der Waals surface area (Å²) in [5.41, 5.74) is 4.34. The van der Waals surface area contributed by atoms with Crippen LogP contribution >= 0.6 is 0 Å². The highest BCUT2D eigenvalue weighted by atomic mass is 16.5. The topological polar surface area (TPSA) is 84.8 Å². The number of amides is 1. The van der Waals surface area contributed by atoms with Crippen LogP contribution in [0.5, 0.6) is 5.75 Å². The molecule has 0 spiro atoms. The fourth-order valence-electron chi connectivity index (χ4n) is 4.39. The fraction of sp³-hybridized carbons (Fsp3) is 0.321. The van der Waals surface area contributed by atoms with Crippen molar-refractivity contribution in [3.05, 3.63) is 88.7 Å². The molecular formula is C28H30N4O4. The third-order valence-electron chi connectivity index (χ3n) is 6.45. The number of nitrogens with zero attached hydrogens (tertiary/aromatic N) is 4. The highest BCUT2D eigenvalue weighted by Crippen LogP contribution is 2.22. The summed E-state index contributed by atoms with van der Waals surface area (Å²) in [5.74, 6) is 2.85. The second-order valence-electron chi connectivity index (χ2n) is 9.22. The summed E-state index contributed by atoms with van der Waals surface area (Å²) in [6.07, 6.45) is 0. The van der Waals surface area contributed by atoms with Crippen LogP contribution < -0.4 is 4.74 Å². The summed E-state index contributed by atoms with van der Waals surface area (Å²) in [6, 6.07) is 17.5. The summed E-state index contributed by atoms with van der Waals surface area (Å²) >= 11 is 0. The van der Waals surface area contributed by atoms with E-state index in [4.69, 9.17) is 13.7 Å². The third kappa shape index (κ3) is 5.33. The van der Waals surface area contributed by atoms with Gasteiger partial charge in [-0.2, -0.15) is 4.98 Å². The van der Waals surface area contributed by atoms with Crippen molar-refractivity contribution in [1.29, 1.82) is 0 Å². The van der Waals surface area contributed by atoms with E-state index in [2.05, 4.69) is 28.0 Å². The molecular weight excluding hydrogens is 456 g/mol. The predicted octanol–water partition coefficient (Wildman–Crippen LogP) is 4.79. The lowest BCUT2D eigenvalue weighted by Gasteiger charge is -2.33. The maximum Gasteiger partial charge on any atom is 0.289 e. The average Bonchev–Trinajstić information content (AvgIpc) is 3.54. The van der Waals surface area contributed by atoms with Crippen molar-refractivity contribution < 1.29 is 18.5 Å². The Morgan fingerprint density at radius 1 is 0.972 bits per heavy atom. The smallest absolute Gasteiger partial charge is 0.289 e. The van der Waals surface area contributed by atoms with E-state index < -0.39 is 0 Å². The fourth-order valence-corrected chi connectivity index (χ4v) is 4.39. The van der Waals surface area contributed by atoms with Gasteiger partial charge in [-0.1, -0.05) is 47.1 Å². The normalized spacial score (nSPS) is 14.2. The molecule has 0 saturated carbocycles. The molecule has 1 aliphatic heterocycles. The first-order chi connectivity index (χ1) is 17.5. The van der Waals surface area contributed by atoms with Crippen molar-refractivity contribution in [2.75, 3.05) is 26.2 Å². The zero-order chi connectivity index (χ0) is 25.1. The van der Waals surface area contributed by atoms with Crippen LogP contribution in [0.2, 0.25) is 0 Å². The Bertz CT molecular complexity index is 1350. The van der Waals surface area contributed by atoms with Crippen molar-refractivity contribution >= 4 is 5.91 Å². The van der Waals surface area contributed by atoms with Crippen LogP contribution in [-0.4, -0.2) is 52.0 Å². The van der Waals surface area contributed by atoms with Gasteiger partial charge in [0.1, 0.15) is 18.1 Å². The Balaban J connectivity index is 1.12. The first-order valence-electron chi connectivity index (χ1n) is 12.2. The first-order valence-corrected chi connectivity index (χ1v) is 12.2. The van der Waals surface area contributed by atoms with Crippen LogP contribution in [0.3, 0.4) is 0 Å². The average molecular weight is 487 g/mol. The van der Waals surface area contributed by atoms with Gasteiger partial charge < -0.3 is 18.6 Å². The molecule has 2 aromatic heterocycles. The number of carbonyl (C=O) groups is 1. The molecule has 3 heterocycles. The van der Waals surface area contributed by atoms with Crippen LogP contribution in [0, 0.1) is 20.8 Å². The summed E-state index contributed by atoms with van der Waals surface area (Å²) in [7, 11) is 0. The molecule has 0 N–H and O–H groups in total. The molecule has 1 fully saturated rings. The number of benzene rings is 2. The van der Waals surface area contributed by atoms with E-state index in [0.29, 0.717) is 42.9 Å². The minimum Gasteiger partial charge on any atom is -0.485 e. The molecule has 8 heteroatoms. The van der Waals surface area contributed by atoms with E-state index in [-0.39, 0.29) is 12.5 Å². The Hall–Kier alpha value is -3.91. The molecule has 1 aliphatic rings. The van der Waals surface area contributed by atoms with Crippen molar-refractivity contribution in [2.24, 2.45) is 0 Å². The first kappa shape index (κ1) is 23.8. The minimum atomic E-state index is -0.105. The van der Waals surface area contributed by atoms with Gasteiger partial charge in [0.15, 0.2) is 5.76 Å². The molecule has 2 aromatic carbocycles. The predicted molar refractivity (Wildman–Crippen MR) is 135 cm³/mol. The number of ether oxygens (including phenoxy) is 1. The highest BCUT2D eigenvalue weighted by molar-refractivity contribution is 5.91. The second-order valence-corrected chi connectivity index (χ2v) is 9.22. The summed E-state index contributed by atoms with van der Waals surface area (Å²) in [4.78, 5) is 21.6. The number of hydrogen-bond donors (Lipinski definition) is 0. The summed E-state index contributed by atoms with van der Waals surface area (Å²) in [6.45, 7) is 9.58. The quantitative estimate of drug-likeness (QED) is 0.371. The minimum absolute atomic E-state index is 0.105. The Morgan fingerprint density at radius 3 is 2.56 bits per heavy atom. The molecule has 36 heavy (non-hydrogen) atoms. The number of carbonyl (C=O) groups excluding carboxylic acids is 1. The molecule has 0 radical (unpaired) electrons. The van der Waals surface area contributed by atoms with Gasteiger partial charge in [-0.3, -0.25) is 9.69 Å². The van der Waals surface area contributed by atoms with Crippen molar-refractivity contribution in [1.82, 2.24) is 19.9 Å². The lowest BCUT2D eigenvalue weighted by molar-refractivity contribution is 0.0581. The zero-order valence-electron chi connectivity index (χ0n) is 20.9. The monoisotopic (exact) mass is 486 g/mol. The zero-order valence-corrected chi connectivity index (χ0v) is 20.9.